The monoisotopic (exact) mass is 400 g/mol. The van der Waals surface area contributed by atoms with Crippen molar-refractivity contribution in [3.8, 4) is 0 Å². The third-order valence-electron chi connectivity index (χ3n) is 5.50. The highest BCUT2D eigenvalue weighted by Crippen LogP contribution is 2.35. The van der Waals surface area contributed by atoms with Gasteiger partial charge >= 0.3 is 6.03 Å². The Balaban J connectivity index is 1.52. The number of nitrogens with one attached hydrogen (secondary N) is 1. The molecule has 2 aliphatic heterocycles. The van der Waals surface area contributed by atoms with Crippen LogP contribution in [0.25, 0.3) is 0 Å². The Morgan fingerprint density at radius 1 is 1.32 bits per heavy atom. The molecule has 4 rings (SSSR count). The molecule has 1 N–H and O–H groups in total. The molecule has 148 valence electrons. The first-order valence-electron chi connectivity index (χ1n) is 9.64. The maximum Gasteiger partial charge on any atom is 0.325 e. The van der Waals surface area contributed by atoms with Gasteiger partial charge < -0.3 is 5.32 Å². The maximum atomic E-state index is 13.0. The van der Waals surface area contributed by atoms with Gasteiger partial charge in [0.2, 0.25) is 5.91 Å². The summed E-state index contributed by atoms with van der Waals surface area (Å²) in [6, 6.07) is 7.32. The maximum absolute atomic E-state index is 13.0. The van der Waals surface area contributed by atoms with Crippen LogP contribution in [0.2, 0.25) is 0 Å². The average Bonchev–Trinajstić information content (AvgIpc) is 3.31. The minimum Gasteiger partial charge on any atom is -0.323 e. The second-order valence-electron chi connectivity index (χ2n) is 7.78. The molecule has 1 atom stereocenters. The third kappa shape index (κ3) is 3.41. The Kier molecular flexibility index (Phi) is 4.91. The Hall–Kier alpha value is -2.35. The lowest BCUT2D eigenvalue weighted by molar-refractivity contribution is -0.136. The summed E-state index contributed by atoms with van der Waals surface area (Å²) in [7, 11) is 0. The first kappa shape index (κ1) is 19.0. The fourth-order valence-electron chi connectivity index (χ4n) is 4.08. The zero-order valence-corrected chi connectivity index (χ0v) is 16.9. The summed E-state index contributed by atoms with van der Waals surface area (Å²) < 4.78 is 0. The number of aliphatic imine (C=N–C) groups is 1. The average molecular weight is 401 g/mol. The van der Waals surface area contributed by atoms with Gasteiger partial charge in [0.15, 0.2) is 5.17 Å². The number of hydrogen-bond donors (Lipinski definition) is 1. The lowest BCUT2D eigenvalue weighted by Crippen LogP contribution is -2.46. The highest BCUT2D eigenvalue weighted by molar-refractivity contribution is 8.14. The number of hydrogen-bond acceptors (Lipinski definition) is 5. The molecule has 1 spiro atoms. The van der Waals surface area contributed by atoms with Crippen molar-refractivity contribution in [1.29, 1.82) is 0 Å². The van der Waals surface area contributed by atoms with Crippen molar-refractivity contribution in [2.45, 2.75) is 50.3 Å². The molecular weight excluding hydrogens is 376 g/mol. The quantitative estimate of drug-likeness (QED) is 0.791. The van der Waals surface area contributed by atoms with E-state index in [9.17, 15) is 14.4 Å². The van der Waals surface area contributed by atoms with Gasteiger partial charge in [-0.2, -0.15) is 0 Å². The SMILES string of the molecule is Cc1cccc(N=C2S[C@H](C)CN2C(=O)CN2C(=O)NC3(CCCC3)C2=O)c1. The predicted octanol–water partition coefficient (Wildman–Crippen LogP) is 2.81. The van der Waals surface area contributed by atoms with E-state index in [1.807, 2.05) is 38.1 Å². The molecule has 0 radical (unpaired) electrons. The van der Waals surface area contributed by atoms with E-state index in [1.165, 1.54) is 11.8 Å². The number of amides is 4. The van der Waals surface area contributed by atoms with Crippen LogP contribution in [0.1, 0.15) is 38.2 Å². The van der Waals surface area contributed by atoms with Crippen LogP contribution in [0, 0.1) is 6.92 Å². The highest BCUT2D eigenvalue weighted by Gasteiger charge is 2.53. The van der Waals surface area contributed by atoms with Crippen LogP contribution in [-0.2, 0) is 9.59 Å². The van der Waals surface area contributed by atoms with Crippen molar-refractivity contribution in [3.63, 3.8) is 0 Å². The van der Waals surface area contributed by atoms with E-state index in [0.29, 0.717) is 24.6 Å². The summed E-state index contributed by atoms with van der Waals surface area (Å²) in [5.41, 5.74) is 1.09. The number of nitrogens with zero attached hydrogens (tertiary/aromatic N) is 3. The summed E-state index contributed by atoms with van der Waals surface area (Å²) >= 11 is 1.53. The zero-order valence-electron chi connectivity index (χ0n) is 16.1. The van der Waals surface area contributed by atoms with Gasteiger partial charge in [0.25, 0.3) is 5.91 Å². The largest absolute Gasteiger partial charge is 0.325 e. The molecule has 3 aliphatic rings. The fourth-order valence-corrected chi connectivity index (χ4v) is 5.12. The van der Waals surface area contributed by atoms with E-state index in [4.69, 9.17) is 0 Å². The van der Waals surface area contributed by atoms with E-state index in [0.717, 1.165) is 29.0 Å². The van der Waals surface area contributed by atoms with Gasteiger partial charge in [0, 0.05) is 11.8 Å². The fraction of sp³-hybridized carbons (Fsp3) is 0.500. The Morgan fingerprint density at radius 2 is 2.07 bits per heavy atom. The second kappa shape index (κ2) is 7.24. The van der Waals surface area contributed by atoms with Crippen LogP contribution < -0.4 is 5.32 Å². The molecule has 7 nitrogen and oxygen atoms in total. The predicted molar refractivity (Wildman–Crippen MR) is 108 cm³/mol. The Labute approximate surface area is 168 Å². The standard InChI is InChI=1S/C20H24N4O3S/c1-13-6-5-7-15(10-13)21-19-23(11-14(2)28-19)16(25)12-24-17(26)20(22-18(24)27)8-3-4-9-20/h5-7,10,14H,3-4,8-9,11-12H2,1-2H3,(H,22,27)/t14-/m1/s1. The number of amidine groups is 1. The highest BCUT2D eigenvalue weighted by atomic mass is 32.2. The summed E-state index contributed by atoms with van der Waals surface area (Å²) in [4.78, 5) is 45.4. The summed E-state index contributed by atoms with van der Waals surface area (Å²) in [6.07, 6.45) is 3.14. The van der Waals surface area contributed by atoms with Crippen molar-refractivity contribution in [2.75, 3.05) is 13.1 Å². The normalized spacial score (nSPS) is 25.2. The molecule has 0 unspecified atom stereocenters. The van der Waals surface area contributed by atoms with Crippen LogP contribution >= 0.6 is 11.8 Å². The van der Waals surface area contributed by atoms with Gasteiger partial charge in [0.05, 0.1) is 5.69 Å². The summed E-state index contributed by atoms with van der Waals surface area (Å²) in [6.45, 7) is 4.30. The molecule has 2 saturated heterocycles. The Bertz CT molecular complexity index is 863. The molecule has 4 amide bonds. The van der Waals surface area contributed by atoms with E-state index in [2.05, 4.69) is 10.3 Å². The first-order valence-corrected chi connectivity index (χ1v) is 10.5. The van der Waals surface area contributed by atoms with Crippen LogP contribution in [0.4, 0.5) is 10.5 Å². The third-order valence-corrected chi connectivity index (χ3v) is 6.57. The molecule has 28 heavy (non-hydrogen) atoms. The van der Waals surface area contributed by atoms with Crippen molar-refractivity contribution in [1.82, 2.24) is 15.1 Å². The molecule has 0 aromatic heterocycles. The molecule has 3 fully saturated rings. The molecule has 0 bridgehead atoms. The van der Waals surface area contributed by atoms with Crippen LogP contribution in [0.3, 0.4) is 0 Å². The minimum absolute atomic E-state index is 0.205. The lowest BCUT2D eigenvalue weighted by Gasteiger charge is -2.21. The molecule has 2 heterocycles. The van der Waals surface area contributed by atoms with Crippen LogP contribution in [0.5, 0.6) is 0 Å². The van der Waals surface area contributed by atoms with Gasteiger partial charge in [0.1, 0.15) is 12.1 Å². The Morgan fingerprint density at radius 3 is 2.79 bits per heavy atom. The van der Waals surface area contributed by atoms with Gasteiger partial charge in [-0.05, 0) is 37.5 Å². The van der Waals surface area contributed by atoms with Crippen molar-refractivity contribution in [2.24, 2.45) is 4.99 Å². The zero-order chi connectivity index (χ0) is 19.9. The van der Waals surface area contributed by atoms with E-state index < -0.39 is 11.6 Å². The number of thioether (sulfide) groups is 1. The molecule has 8 heteroatoms. The summed E-state index contributed by atoms with van der Waals surface area (Å²) in [5, 5.41) is 3.64. The first-order chi connectivity index (χ1) is 13.4. The second-order valence-corrected chi connectivity index (χ2v) is 9.18. The van der Waals surface area contributed by atoms with Crippen molar-refractivity contribution >= 4 is 40.5 Å². The number of carbonyl (C=O) groups is 3. The number of carbonyl (C=O) groups excluding carboxylic acids is 3. The smallest absolute Gasteiger partial charge is 0.323 e. The van der Waals surface area contributed by atoms with E-state index in [1.54, 1.807) is 4.90 Å². The number of imide groups is 1. The molecule has 1 aromatic rings. The number of aryl methyl sites for hydroxylation is 1. The molecular formula is C20H24N4O3S. The van der Waals surface area contributed by atoms with Gasteiger partial charge in [-0.15, -0.1) is 0 Å². The molecule has 1 aromatic carbocycles. The van der Waals surface area contributed by atoms with Crippen LogP contribution in [-0.4, -0.2) is 56.7 Å². The van der Waals surface area contributed by atoms with Gasteiger partial charge in [-0.1, -0.05) is 43.7 Å². The van der Waals surface area contributed by atoms with Crippen molar-refractivity contribution in [3.05, 3.63) is 29.8 Å². The van der Waals surface area contributed by atoms with Crippen molar-refractivity contribution < 1.29 is 14.4 Å². The minimum atomic E-state index is -0.789. The van der Waals surface area contributed by atoms with Gasteiger partial charge in [-0.3, -0.25) is 19.4 Å². The van der Waals surface area contributed by atoms with E-state index in [-0.39, 0.29) is 23.6 Å². The molecule has 1 saturated carbocycles. The van der Waals surface area contributed by atoms with Gasteiger partial charge in [-0.25, -0.2) is 9.79 Å². The molecule has 1 aliphatic carbocycles. The van der Waals surface area contributed by atoms with E-state index >= 15 is 0 Å². The number of benzene rings is 1. The lowest BCUT2D eigenvalue weighted by atomic mass is 9.98. The number of urea groups is 1. The number of rotatable bonds is 3. The van der Waals surface area contributed by atoms with Crippen LogP contribution in [0.15, 0.2) is 29.3 Å². The topological polar surface area (TPSA) is 82.1 Å². The summed E-state index contributed by atoms with van der Waals surface area (Å²) in [5.74, 6) is -0.540.